The van der Waals surface area contributed by atoms with Gasteiger partial charge in [0.05, 0.1) is 18.1 Å². The van der Waals surface area contributed by atoms with Gasteiger partial charge in [-0.25, -0.2) is 0 Å². The Morgan fingerprint density at radius 2 is 1.24 bits per heavy atom. The summed E-state index contributed by atoms with van der Waals surface area (Å²) < 4.78 is 1.03. The number of hydrogen-bond donors (Lipinski definition) is 0. The van der Waals surface area contributed by atoms with Gasteiger partial charge < -0.3 is 0 Å². The maximum atomic E-state index is 13.5. The lowest BCUT2D eigenvalue weighted by Gasteiger charge is -2.21. The predicted octanol–water partition coefficient (Wildman–Crippen LogP) is 7.25. The summed E-state index contributed by atoms with van der Waals surface area (Å²) in [6.45, 7) is 0. The summed E-state index contributed by atoms with van der Waals surface area (Å²) in [5, 5.41) is 0. The third kappa shape index (κ3) is 4.61. The van der Waals surface area contributed by atoms with Crippen LogP contribution in [0.1, 0.15) is 34.3 Å². The fourth-order valence-electron chi connectivity index (χ4n) is 4.57. The Balaban J connectivity index is 1.55. The van der Waals surface area contributed by atoms with Crippen molar-refractivity contribution in [2.24, 2.45) is 0 Å². The van der Waals surface area contributed by atoms with Gasteiger partial charge in [-0.2, -0.15) is 0 Å². The van der Waals surface area contributed by atoms with Crippen LogP contribution in [-0.4, -0.2) is 16.7 Å². The molecule has 0 amide bonds. The zero-order chi connectivity index (χ0) is 22.6. The lowest BCUT2D eigenvalue weighted by molar-refractivity contribution is -0.114. The van der Waals surface area contributed by atoms with E-state index < -0.39 is 0 Å². The quantitative estimate of drug-likeness (QED) is 0.199. The first kappa shape index (κ1) is 21.6. The number of carbonyl (C=O) groups is 1. The van der Waals surface area contributed by atoms with Crippen LogP contribution in [0.15, 0.2) is 126 Å². The summed E-state index contributed by atoms with van der Waals surface area (Å²) in [5.41, 5.74) is 4.53. The Kier molecular flexibility index (Phi) is 6.34. The molecule has 1 fully saturated rings. The highest BCUT2D eigenvalue weighted by molar-refractivity contribution is 9.10. The smallest absolute Gasteiger partial charge is 0.174 e. The fraction of sp³-hybridized carbons (Fsp3) is 0.100. The molecule has 2 nitrogen and oxygen atoms in total. The maximum absolute atomic E-state index is 13.5. The summed E-state index contributed by atoms with van der Waals surface area (Å²) in [5.74, 6) is 0.122. The second-order valence-corrected chi connectivity index (χ2v) is 9.08. The van der Waals surface area contributed by atoms with Crippen molar-refractivity contribution >= 4 is 27.8 Å². The Bertz CT molecular complexity index is 1210. The van der Waals surface area contributed by atoms with E-state index in [1.54, 1.807) is 6.08 Å². The van der Waals surface area contributed by atoms with Crippen molar-refractivity contribution in [1.29, 1.82) is 0 Å². The number of hydrogen-bond acceptors (Lipinski definition) is 2. The van der Waals surface area contributed by atoms with Crippen LogP contribution < -0.4 is 0 Å². The molecule has 4 aromatic carbocycles. The number of carbonyl (C=O) groups excluding carboxylic acids is 1. The lowest BCUT2D eigenvalue weighted by Crippen LogP contribution is -2.17. The molecule has 1 aliphatic rings. The van der Waals surface area contributed by atoms with E-state index in [4.69, 9.17) is 0 Å². The van der Waals surface area contributed by atoms with Gasteiger partial charge in [-0.05, 0) is 34.4 Å². The Morgan fingerprint density at radius 1 is 0.727 bits per heavy atom. The van der Waals surface area contributed by atoms with Crippen LogP contribution in [0.4, 0.5) is 0 Å². The molecule has 1 aliphatic heterocycles. The van der Waals surface area contributed by atoms with Gasteiger partial charge >= 0.3 is 0 Å². The molecule has 1 unspecified atom stereocenters. The normalized spacial score (nSPS) is 19.6. The van der Waals surface area contributed by atoms with Crippen LogP contribution in [0.25, 0.3) is 6.08 Å². The number of halogens is 1. The van der Waals surface area contributed by atoms with Gasteiger partial charge in [0, 0.05) is 4.47 Å². The van der Waals surface area contributed by atoms with Gasteiger partial charge in [0.15, 0.2) is 5.78 Å². The molecule has 3 heteroatoms. The van der Waals surface area contributed by atoms with Crippen LogP contribution in [-0.2, 0) is 4.79 Å². The SMILES string of the molecule is O=C(/C=C/c1ccccc1)[C@H]1[C@@H](c2ccccc2Br)N1C(c1ccccc1)c1ccccc1. The first-order valence-electron chi connectivity index (χ1n) is 11.1. The van der Waals surface area contributed by atoms with Crippen molar-refractivity contribution in [3.63, 3.8) is 0 Å². The molecule has 0 saturated carbocycles. The topological polar surface area (TPSA) is 20.1 Å². The van der Waals surface area contributed by atoms with E-state index >= 15 is 0 Å². The molecule has 5 rings (SSSR count). The van der Waals surface area contributed by atoms with Gasteiger partial charge in [-0.3, -0.25) is 9.69 Å². The minimum Gasteiger partial charge on any atom is -0.293 e. The molecule has 3 atom stereocenters. The van der Waals surface area contributed by atoms with E-state index in [9.17, 15) is 4.79 Å². The first-order valence-corrected chi connectivity index (χ1v) is 11.9. The molecule has 0 aliphatic carbocycles. The average Bonchev–Trinajstić information content (AvgIpc) is 3.59. The summed E-state index contributed by atoms with van der Waals surface area (Å²) in [6.07, 6.45) is 3.65. The standard InChI is InChI=1S/C30H24BrNO/c31-26-19-11-10-18-25(26)29-30(27(33)21-20-22-12-4-1-5-13-22)32(29)28(23-14-6-2-7-15-23)24-16-8-3-9-17-24/h1-21,28-30H/b21-20+/t29-,30+,32?/m1/s1. The number of nitrogens with zero attached hydrogens (tertiary/aromatic N) is 1. The van der Waals surface area contributed by atoms with Crippen molar-refractivity contribution in [2.45, 2.75) is 18.1 Å². The van der Waals surface area contributed by atoms with Crippen LogP contribution in [0.5, 0.6) is 0 Å². The van der Waals surface area contributed by atoms with E-state index in [-0.39, 0.29) is 23.9 Å². The molecule has 0 bridgehead atoms. The van der Waals surface area contributed by atoms with Gasteiger partial charge in [0.2, 0.25) is 0 Å². The van der Waals surface area contributed by atoms with Crippen LogP contribution in [0.2, 0.25) is 0 Å². The van der Waals surface area contributed by atoms with Gasteiger partial charge in [0.1, 0.15) is 0 Å². The predicted molar refractivity (Wildman–Crippen MR) is 138 cm³/mol. The second kappa shape index (κ2) is 9.70. The molecule has 162 valence electrons. The second-order valence-electron chi connectivity index (χ2n) is 8.23. The highest BCUT2D eigenvalue weighted by Crippen LogP contribution is 2.53. The molecule has 1 heterocycles. The molecular formula is C30H24BrNO. The Labute approximate surface area is 203 Å². The minimum absolute atomic E-state index is 0.00101. The van der Waals surface area contributed by atoms with Crippen LogP contribution in [0.3, 0.4) is 0 Å². The third-order valence-electron chi connectivity index (χ3n) is 6.14. The summed E-state index contributed by atoms with van der Waals surface area (Å²) >= 11 is 3.72. The highest BCUT2D eigenvalue weighted by Gasteiger charge is 2.56. The monoisotopic (exact) mass is 493 g/mol. The maximum Gasteiger partial charge on any atom is 0.174 e. The van der Waals surface area contributed by atoms with Crippen molar-refractivity contribution in [3.8, 4) is 0 Å². The van der Waals surface area contributed by atoms with E-state index in [1.807, 2.05) is 66.7 Å². The van der Waals surface area contributed by atoms with Crippen molar-refractivity contribution in [3.05, 3.63) is 148 Å². The highest BCUT2D eigenvalue weighted by atomic mass is 79.9. The minimum atomic E-state index is -0.228. The zero-order valence-corrected chi connectivity index (χ0v) is 19.7. The molecular weight excluding hydrogens is 470 g/mol. The van der Waals surface area contributed by atoms with Crippen molar-refractivity contribution in [2.75, 3.05) is 0 Å². The molecule has 0 spiro atoms. The van der Waals surface area contributed by atoms with E-state index in [0.29, 0.717) is 0 Å². The molecule has 1 saturated heterocycles. The van der Waals surface area contributed by atoms with Crippen LogP contribution in [0, 0.1) is 0 Å². The summed E-state index contributed by atoms with van der Waals surface area (Å²) in [4.78, 5) is 15.8. The largest absolute Gasteiger partial charge is 0.293 e. The van der Waals surface area contributed by atoms with Crippen molar-refractivity contribution < 1.29 is 4.79 Å². The first-order chi connectivity index (χ1) is 16.2. The zero-order valence-electron chi connectivity index (χ0n) is 18.1. The Morgan fingerprint density at radius 3 is 1.82 bits per heavy atom. The van der Waals surface area contributed by atoms with Gasteiger partial charge in [-0.1, -0.05) is 131 Å². The number of ketones is 1. The molecule has 0 aromatic heterocycles. The number of benzene rings is 4. The molecule has 0 radical (unpaired) electrons. The third-order valence-corrected chi connectivity index (χ3v) is 6.86. The van der Waals surface area contributed by atoms with Gasteiger partial charge in [0.25, 0.3) is 0 Å². The Hall–Kier alpha value is -3.27. The molecule has 0 N–H and O–H groups in total. The van der Waals surface area contributed by atoms with E-state index in [0.717, 1.165) is 15.6 Å². The molecule has 33 heavy (non-hydrogen) atoms. The average molecular weight is 494 g/mol. The summed E-state index contributed by atoms with van der Waals surface area (Å²) in [7, 11) is 0. The van der Waals surface area contributed by atoms with E-state index in [2.05, 4.69) is 75.4 Å². The number of rotatable bonds is 7. The van der Waals surface area contributed by atoms with E-state index in [1.165, 1.54) is 11.1 Å². The lowest BCUT2D eigenvalue weighted by atomic mass is 9.98. The fourth-order valence-corrected chi connectivity index (χ4v) is 5.09. The van der Waals surface area contributed by atoms with Crippen molar-refractivity contribution in [1.82, 2.24) is 4.90 Å². The van der Waals surface area contributed by atoms with Crippen LogP contribution >= 0.6 is 15.9 Å². The molecule has 4 aromatic rings. The summed E-state index contributed by atoms with van der Waals surface area (Å²) in [6, 6.07) is 38.9. The van der Waals surface area contributed by atoms with Gasteiger partial charge in [-0.15, -0.1) is 0 Å².